The van der Waals surface area contributed by atoms with Gasteiger partial charge in [0, 0.05) is 25.3 Å². The Hall–Kier alpha value is -1.81. The minimum absolute atomic E-state index is 0.118. The summed E-state index contributed by atoms with van der Waals surface area (Å²) in [4.78, 5) is 6.61. The van der Waals surface area contributed by atoms with Gasteiger partial charge < -0.3 is 14.6 Å². The van der Waals surface area contributed by atoms with Crippen LogP contribution >= 0.6 is 0 Å². The van der Waals surface area contributed by atoms with E-state index in [4.69, 9.17) is 4.42 Å². The van der Waals surface area contributed by atoms with Crippen molar-refractivity contribution in [3.05, 3.63) is 47.5 Å². The van der Waals surface area contributed by atoms with E-state index in [0.29, 0.717) is 0 Å². The van der Waals surface area contributed by atoms with Gasteiger partial charge in [-0.2, -0.15) is 0 Å². The van der Waals surface area contributed by atoms with Crippen molar-refractivity contribution in [3.8, 4) is 0 Å². The van der Waals surface area contributed by atoms with Gasteiger partial charge in [-0.3, -0.25) is 0 Å². The highest BCUT2D eigenvalue weighted by molar-refractivity contribution is 5.38. The number of anilines is 1. The van der Waals surface area contributed by atoms with Crippen molar-refractivity contribution >= 4 is 5.82 Å². The Labute approximate surface area is 127 Å². The average molecular weight is 287 g/mol. The van der Waals surface area contributed by atoms with Gasteiger partial charge in [-0.05, 0) is 51.5 Å². The summed E-state index contributed by atoms with van der Waals surface area (Å²) in [5.41, 5.74) is 1.31. The van der Waals surface area contributed by atoms with Crippen molar-refractivity contribution in [2.24, 2.45) is 0 Å². The Balaban J connectivity index is 1.94. The zero-order valence-electron chi connectivity index (χ0n) is 13.6. The molecule has 4 nitrogen and oxygen atoms in total. The lowest BCUT2D eigenvalue weighted by Crippen LogP contribution is -2.35. The first-order valence-corrected chi connectivity index (χ1v) is 7.30. The van der Waals surface area contributed by atoms with Gasteiger partial charge >= 0.3 is 0 Å². The lowest BCUT2D eigenvalue weighted by molar-refractivity contribution is 0.424. The molecule has 0 aromatic carbocycles. The van der Waals surface area contributed by atoms with Gasteiger partial charge in [-0.1, -0.05) is 6.07 Å². The predicted molar refractivity (Wildman–Crippen MR) is 86.4 cm³/mol. The summed E-state index contributed by atoms with van der Waals surface area (Å²) < 4.78 is 5.60. The number of aryl methyl sites for hydroxylation is 1. The maximum atomic E-state index is 5.60. The quantitative estimate of drug-likeness (QED) is 0.913. The molecule has 4 heteroatoms. The summed E-state index contributed by atoms with van der Waals surface area (Å²) in [5.74, 6) is 2.84. The summed E-state index contributed by atoms with van der Waals surface area (Å²) >= 11 is 0. The van der Waals surface area contributed by atoms with Crippen LogP contribution in [0, 0.1) is 6.92 Å². The molecule has 0 saturated heterocycles. The van der Waals surface area contributed by atoms with Crippen molar-refractivity contribution in [3.63, 3.8) is 0 Å². The van der Waals surface area contributed by atoms with E-state index < -0.39 is 0 Å². The van der Waals surface area contributed by atoms with E-state index in [0.717, 1.165) is 30.4 Å². The van der Waals surface area contributed by atoms with Crippen LogP contribution in [0.15, 0.2) is 34.9 Å². The van der Waals surface area contributed by atoms with Crippen molar-refractivity contribution in [2.45, 2.75) is 46.3 Å². The molecule has 0 atom stereocenters. The number of hydrogen-bond acceptors (Lipinski definition) is 4. The third-order valence-electron chi connectivity index (χ3n) is 3.21. The number of rotatable bonds is 5. The highest BCUT2D eigenvalue weighted by atomic mass is 16.3. The number of hydrogen-bond donors (Lipinski definition) is 1. The van der Waals surface area contributed by atoms with E-state index in [-0.39, 0.29) is 5.54 Å². The maximum Gasteiger partial charge on any atom is 0.128 e. The third-order valence-corrected chi connectivity index (χ3v) is 3.21. The van der Waals surface area contributed by atoms with Gasteiger partial charge in [0.1, 0.15) is 17.3 Å². The molecule has 0 amide bonds. The average Bonchev–Trinajstić information content (AvgIpc) is 2.81. The number of nitrogens with one attached hydrogen (secondary N) is 1. The van der Waals surface area contributed by atoms with E-state index in [1.165, 1.54) is 5.56 Å². The molecule has 2 aromatic heterocycles. The van der Waals surface area contributed by atoms with Crippen molar-refractivity contribution in [1.82, 2.24) is 10.3 Å². The van der Waals surface area contributed by atoms with Gasteiger partial charge in [0.05, 0.1) is 6.54 Å². The van der Waals surface area contributed by atoms with Crippen LogP contribution in [0.25, 0.3) is 0 Å². The number of furan rings is 1. The van der Waals surface area contributed by atoms with Crippen molar-refractivity contribution < 1.29 is 4.42 Å². The fourth-order valence-corrected chi connectivity index (χ4v) is 2.00. The lowest BCUT2D eigenvalue weighted by atomic mass is 10.1. The van der Waals surface area contributed by atoms with Gasteiger partial charge in [-0.15, -0.1) is 0 Å². The second-order valence-corrected chi connectivity index (χ2v) is 6.50. The second kappa shape index (κ2) is 6.31. The maximum absolute atomic E-state index is 5.60. The lowest BCUT2D eigenvalue weighted by Gasteiger charge is -2.21. The molecular weight excluding hydrogens is 262 g/mol. The molecule has 2 aromatic rings. The third kappa shape index (κ3) is 4.90. The smallest absolute Gasteiger partial charge is 0.128 e. The molecular formula is C17H25N3O. The minimum Gasteiger partial charge on any atom is -0.464 e. The highest BCUT2D eigenvalue weighted by Crippen LogP contribution is 2.15. The van der Waals surface area contributed by atoms with E-state index >= 15 is 0 Å². The normalized spacial score (nSPS) is 11.7. The Kier molecular flexibility index (Phi) is 4.68. The van der Waals surface area contributed by atoms with Gasteiger partial charge in [0.25, 0.3) is 0 Å². The summed E-state index contributed by atoms with van der Waals surface area (Å²) in [6, 6.07) is 8.16. The molecule has 1 N–H and O–H groups in total. The van der Waals surface area contributed by atoms with E-state index in [9.17, 15) is 0 Å². The number of nitrogens with zero attached hydrogens (tertiary/aromatic N) is 2. The fraction of sp³-hybridized carbons (Fsp3) is 0.471. The largest absolute Gasteiger partial charge is 0.464 e. The topological polar surface area (TPSA) is 41.3 Å². The van der Waals surface area contributed by atoms with Gasteiger partial charge in [0.2, 0.25) is 0 Å². The molecule has 0 spiro atoms. The molecule has 0 aliphatic heterocycles. The minimum atomic E-state index is 0.118. The zero-order valence-corrected chi connectivity index (χ0v) is 13.6. The molecule has 0 aliphatic carbocycles. The summed E-state index contributed by atoms with van der Waals surface area (Å²) in [6.45, 7) is 9.99. The molecule has 21 heavy (non-hydrogen) atoms. The zero-order chi connectivity index (χ0) is 15.5. The van der Waals surface area contributed by atoms with Crippen LogP contribution in [0.1, 0.15) is 37.9 Å². The van der Waals surface area contributed by atoms with E-state index in [2.05, 4.69) is 48.1 Å². The van der Waals surface area contributed by atoms with Crippen LogP contribution in [0.2, 0.25) is 0 Å². The van der Waals surface area contributed by atoms with Gasteiger partial charge in [-0.25, -0.2) is 4.98 Å². The summed E-state index contributed by atoms with van der Waals surface area (Å²) in [7, 11) is 2.02. The fourth-order valence-electron chi connectivity index (χ4n) is 2.00. The first-order chi connectivity index (χ1) is 9.83. The molecule has 2 heterocycles. The van der Waals surface area contributed by atoms with Crippen LogP contribution in [-0.2, 0) is 13.1 Å². The molecule has 0 radical (unpaired) electrons. The van der Waals surface area contributed by atoms with Crippen molar-refractivity contribution in [1.29, 1.82) is 0 Å². The van der Waals surface area contributed by atoms with Gasteiger partial charge in [0.15, 0.2) is 0 Å². The molecule has 2 rings (SSSR count). The first kappa shape index (κ1) is 15.6. The number of pyridine rings is 1. The molecule has 0 aliphatic rings. The van der Waals surface area contributed by atoms with Crippen LogP contribution in [0.3, 0.4) is 0 Å². The Morgan fingerprint density at radius 2 is 1.95 bits per heavy atom. The van der Waals surface area contributed by atoms with Crippen molar-refractivity contribution in [2.75, 3.05) is 11.9 Å². The highest BCUT2D eigenvalue weighted by Gasteiger charge is 2.09. The Morgan fingerprint density at radius 3 is 2.48 bits per heavy atom. The first-order valence-electron chi connectivity index (χ1n) is 7.30. The standard InChI is InChI=1S/C17H25N3O/c1-13-6-8-15(21-13)12-20(5)16-9-7-14(10-18-16)11-19-17(2,3)4/h6-10,19H,11-12H2,1-5H3. The monoisotopic (exact) mass is 287 g/mol. The number of aromatic nitrogens is 1. The molecule has 0 fully saturated rings. The van der Waals surface area contributed by atoms with Crippen LogP contribution in [-0.4, -0.2) is 17.6 Å². The molecule has 0 bridgehead atoms. The second-order valence-electron chi connectivity index (χ2n) is 6.50. The summed E-state index contributed by atoms with van der Waals surface area (Å²) in [6.07, 6.45) is 1.93. The summed E-state index contributed by atoms with van der Waals surface area (Å²) in [5, 5.41) is 3.46. The van der Waals surface area contributed by atoms with Crippen LogP contribution in [0.4, 0.5) is 5.82 Å². The predicted octanol–water partition coefficient (Wildman–Crippen LogP) is 3.51. The molecule has 0 unspecified atom stereocenters. The molecule has 114 valence electrons. The van der Waals surface area contributed by atoms with Crippen LogP contribution in [0.5, 0.6) is 0 Å². The Morgan fingerprint density at radius 1 is 1.19 bits per heavy atom. The van der Waals surface area contributed by atoms with E-state index in [1.807, 2.05) is 32.3 Å². The van der Waals surface area contributed by atoms with Crippen LogP contribution < -0.4 is 10.2 Å². The molecule has 0 saturated carbocycles. The Bertz CT molecular complexity index is 566. The SMILES string of the molecule is Cc1ccc(CN(C)c2ccc(CNC(C)(C)C)cn2)o1. The van der Waals surface area contributed by atoms with E-state index in [1.54, 1.807) is 0 Å².